The minimum atomic E-state index is -0.885. The zero-order valence-electron chi connectivity index (χ0n) is 23.4. The van der Waals surface area contributed by atoms with Crippen molar-refractivity contribution in [3.05, 3.63) is 111 Å². The van der Waals surface area contributed by atoms with Gasteiger partial charge in [0.1, 0.15) is 18.1 Å². The standard InChI is InChI=1S/C32H33N3O7/c1-22-20-26(42-21-23-6-3-2-4-7-23)12-13-27(22)30(36)28-29(24-8-10-25(11-9-24)35(39)40)34(32(38)31(28)37)15-5-14-33-16-18-41-19-17-33/h2-4,6-13,20,29,36H,5,14-19,21H2,1H3/b30-28+/t29-/m1/s1. The van der Waals surface area contributed by atoms with E-state index >= 15 is 0 Å². The van der Waals surface area contributed by atoms with E-state index in [0.717, 1.165) is 25.2 Å². The van der Waals surface area contributed by atoms with Crippen LogP contribution in [0.25, 0.3) is 5.76 Å². The van der Waals surface area contributed by atoms with E-state index in [2.05, 4.69) is 4.90 Å². The smallest absolute Gasteiger partial charge is 0.295 e. The average Bonchev–Trinajstić information content (AvgIpc) is 3.26. The summed E-state index contributed by atoms with van der Waals surface area (Å²) in [5.74, 6) is -1.18. The summed E-state index contributed by atoms with van der Waals surface area (Å²) in [6.07, 6.45) is 0.614. The molecule has 0 spiro atoms. The van der Waals surface area contributed by atoms with Crippen molar-refractivity contribution in [1.29, 1.82) is 0 Å². The average molecular weight is 572 g/mol. The number of nitro groups is 1. The Morgan fingerprint density at radius 1 is 1.02 bits per heavy atom. The first-order valence-electron chi connectivity index (χ1n) is 13.9. The molecule has 42 heavy (non-hydrogen) atoms. The molecule has 2 saturated heterocycles. The molecule has 0 radical (unpaired) electrons. The van der Waals surface area contributed by atoms with Gasteiger partial charge in [0, 0.05) is 43.9 Å². The van der Waals surface area contributed by atoms with Gasteiger partial charge >= 0.3 is 0 Å². The number of aryl methyl sites for hydroxylation is 1. The van der Waals surface area contributed by atoms with Crippen LogP contribution in [0.5, 0.6) is 5.75 Å². The highest BCUT2D eigenvalue weighted by Crippen LogP contribution is 2.40. The molecule has 0 aromatic heterocycles. The summed E-state index contributed by atoms with van der Waals surface area (Å²) in [7, 11) is 0. The number of amides is 1. The van der Waals surface area contributed by atoms with Gasteiger partial charge in [0.2, 0.25) is 0 Å². The third-order valence-electron chi connectivity index (χ3n) is 7.64. The van der Waals surface area contributed by atoms with E-state index < -0.39 is 22.7 Å². The van der Waals surface area contributed by atoms with Crippen molar-refractivity contribution in [1.82, 2.24) is 9.80 Å². The number of carbonyl (C=O) groups is 2. The second kappa shape index (κ2) is 13.0. The lowest BCUT2D eigenvalue weighted by Gasteiger charge is -2.29. The zero-order chi connectivity index (χ0) is 29.6. The van der Waals surface area contributed by atoms with Gasteiger partial charge in [-0.1, -0.05) is 30.3 Å². The molecule has 3 aromatic rings. The van der Waals surface area contributed by atoms with Gasteiger partial charge < -0.3 is 19.5 Å². The molecule has 0 aliphatic carbocycles. The Kier molecular flexibility index (Phi) is 8.94. The molecule has 0 unspecified atom stereocenters. The van der Waals surface area contributed by atoms with Crippen LogP contribution < -0.4 is 4.74 Å². The topological polar surface area (TPSA) is 122 Å². The number of ketones is 1. The molecular weight excluding hydrogens is 538 g/mol. The summed E-state index contributed by atoms with van der Waals surface area (Å²) < 4.78 is 11.3. The number of hydrogen-bond donors (Lipinski definition) is 1. The Labute approximate surface area is 243 Å². The van der Waals surface area contributed by atoms with Gasteiger partial charge in [-0.3, -0.25) is 24.6 Å². The second-order valence-electron chi connectivity index (χ2n) is 10.4. The number of hydrogen-bond acceptors (Lipinski definition) is 8. The van der Waals surface area contributed by atoms with Crippen molar-refractivity contribution in [3.8, 4) is 5.75 Å². The SMILES string of the molecule is Cc1cc(OCc2ccccc2)ccc1/C(O)=C1\C(=O)C(=O)N(CCCN2CCOCC2)[C@@H]1c1ccc([N+](=O)[O-])cc1. The monoisotopic (exact) mass is 571 g/mol. The quantitative estimate of drug-likeness (QED) is 0.123. The van der Waals surface area contributed by atoms with E-state index in [1.807, 2.05) is 30.3 Å². The number of ether oxygens (including phenoxy) is 2. The first-order chi connectivity index (χ1) is 20.3. The van der Waals surface area contributed by atoms with Crippen LogP contribution in [0.2, 0.25) is 0 Å². The van der Waals surface area contributed by atoms with Crippen molar-refractivity contribution < 1.29 is 29.1 Å². The zero-order valence-corrected chi connectivity index (χ0v) is 23.4. The Bertz CT molecular complexity index is 1480. The van der Waals surface area contributed by atoms with Crippen LogP contribution in [0.1, 0.15) is 34.7 Å². The van der Waals surface area contributed by atoms with Crippen molar-refractivity contribution in [2.24, 2.45) is 0 Å². The van der Waals surface area contributed by atoms with Crippen molar-refractivity contribution in [3.63, 3.8) is 0 Å². The summed E-state index contributed by atoms with van der Waals surface area (Å²) >= 11 is 0. The lowest BCUT2D eigenvalue weighted by Crippen LogP contribution is -2.38. The first kappa shape index (κ1) is 29.0. The van der Waals surface area contributed by atoms with Crippen LogP contribution in [0.4, 0.5) is 5.69 Å². The van der Waals surface area contributed by atoms with Gasteiger partial charge in [-0.05, 0) is 60.4 Å². The van der Waals surface area contributed by atoms with Gasteiger partial charge in [-0.2, -0.15) is 0 Å². The molecule has 3 aromatic carbocycles. The molecule has 1 N–H and O–H groups in total. The van der Waals surface area contributed by atoms with E-state index in [4.69, 9.17) is 9.47 Å². The van der Waals surface area contributed by atoms with Crippen molar-refractivity contribution in [2.45, 2.75) is 26.0 Å². The number of nitrogens with zero attached hydrogens (tertiary/aromatic N) is 3. The van der Waals surface area contributed by atoms with E-state index in [9.17, 15) is 24.8 Å². The summed E-state index contributed by atoms with van der Waals surface area (Å²) in [6, 6.07) is 19.7. The van der Waals surface area contributed by atoms with Crippen molar-refractivity contribution in [2.75, 3.05) is 39.4 Å². The van der Waals surface area contributed by atoms with Crippen LogP contribution in [-0.2, 0) is 20.9 Å². The Morgan fingerprint density at radius 3 is 2.40 bits per heavy atom. The number of nitro benzene ring substituents is 1. The van der Waals surface area contributed by atoms with Gasteiger partial charge in [0.05, 0.1) is 29.8 Å². The Hall–Kier alpha value is -4.54. The highest BCUT2D eigenvalue weighted by atomic mass is 16.6. The molecule has 1 atom stereocenters. The van der Waals surface area contributed by atoms with Crippen LogP contribution in [0.3, 0.4) is 0 Å². The fourth-order valence-corrected chi connectivity index (χ4v) is 5.40. The molecule has 2 aliphatic heterocycles. The van der Waals surface area contributed by atoms with Gasteiger partial charge in [-0.15, -0.1) is 0 Å². The predicted molar refractivity (Wildman–Crippen MR) is 156 cm³/mol. The van der Waals surface area contributed by atoms with Crippen LogP contribution in [-0.4, -0.2) is 70.9 Å². The number of benzene rings is 3. The van der Waals surface area contributed by atoms with Crippen LogP contribution in [0.15, 0.2) is 78.4 Å². The summed E-state index contributed by atoms with van der Waals surface area (Å²) in [5.41, 5.74) is 2.44. The normalized spacial score (nSPS) is 18.8. The predicted octanol–water partition coefficient (Wildman–Crippen LogP) is 4.63. The maximum Gasteiger partial charge on any atom is 0.295 e. The molecule has 0 saturated carbocycles. The van der Waals surface area contributed by atoms with Gasteiger partial charge in [-0.25, -0.2) is 0 Å². The minimum absolute atomic E-state index is 0.0405. The fourth-order valence-electron chi connectivity index (χ4n) is 5.40. The molecule has 5 rings (SSSR count). The fraction of sp³-hybridized carbons (Fsp3) is 0.312. The number of rotatable bonds is 10. The largest absolute Gasteiger partial charge is 0.507 e. The first-order valence-corrected chi connectivity index (χ1v) is 13.9. The number of Topliss-reactive ketones (excluding diaryl/α,β-unsaturated/α-hetero) is 1. The molecule has 10 heteroatoms. The van der Waals surface area contributed by atoms with Crippen LogP contribution in [0, 0.1) is 17.0 Å². The molecular formula is C32H33N3O7. The lowest BCUT2D eigenvalue weighted by molar-refractivity contribution is -0.384. The molecule has 10 nitrogen and oxygen atoms in total. The Balaban J connectivity index is 1.44. The number of morpholine rings is 1. The maximum atomic E-state index is 13.4. The Morgan fingerprint density at radius 2 is 1.74 bits per heavy atom. The third kappa shape index (κ3) is 6.35. The number of likely N-dealkylation sites (tertiary alicyclic amines) is 1. The molecule has 218 valence electrons. The molecule has 2 aliphatic rings. The van der Waals surface area contributed by atoms with E-state index in [-0.39, 0.29) is 23.6 Å². The molecule has 0 bridgehead atoms. The molecule has 2 heterocycles. The minimum Gasteiger partial charge on any atom is -0.507 e. The number of aliphatic hydroxyl groups excluding tert-OH is 1. The number of aliphatic hydroxyl groups is 1. The number of carbonyl (C=O) groups excluding carboxylic acids is 2. The third-order valence-corrected chi connectivity index (χ3v) is 7.64. The lowest BCUT2D eigenvalue weighted by atomic mass is 9.93. The van der Waals surface area contributed by atoms with Crippen molar-refractivity contribution >= 4 is 23.1 Å². The molecule has 2 fully saturated rings. The summed E-state index contributed by atoms with van der Waals surface area (Å²) in [5, 5.41) is 22.8. The highest BCUT2D eigenvalue weighted by molar-refractivity contribution is 6.46. The highest BCUT2D eigenvalue weighted by Gasteiger charge is 2.46. The number of non-ortho nitro benzene ring substituents is 1. The van der Waals surface area contributed by atoms with E-state index in [1.54, 1.807) is 25.1 Å². The maximum absolute atomic E-state index is 13.4. The summed E-state index contributed by atoms with van der Waals surface area (Å²) in [6.45, 7) is 6.09. The van der Waals surface area contributed by atoms with E-state index in [0.29, 0.717) is 48.7 Å². The molecule has 1 amide bonds. The van der Waals surface area contributed by atoms with Crippen LogP contribution >= 0.6 is 0 Å². The van der Waals surface area contributed by atoms with Gasteiger partial charge in [0.15, 0.2) is 0 Å². The van der Waals surface area contributed by atoms with E-state index in [1.165, 1.54) is 29.2 Å². The second-order valence-corrected chi connectivity index (χ2v) is 10.4. The van der Waals surface area contributed by atoms with Gasteiger partial charge in [0.25, 0.3) is 17.4 Å². The summed E-state index contributed by atoms with van der Waals surface area (Å²) in [4.78, 5) is 41.2.